The van der Waals surface area contributed by atoms with Gasteiger partial charge in [0, 0.05) is 19.2 Å². The SMILES string of the molecule is COC(=O)C(N)Cc1cn(CC(=O)NCCOP(=O)(O)I)cn1. The van der Waals surface area contributed by atoms with Crippen LogP contribution in [0.1, 0.15) is 5.69 Å². The number of imidazole rings is 1. The number of halogens is 1. The van der Waals surface area contributed by atoms with Crippen LogP contribution in [0.15, 0.2) is 12.5 Å². The van der Waals surface area contributed by atoms with Crippen LogP contribution in [0.5, 0.6) is 0 Å². The number of methoxy groups -OCH3 is 1. The number of aromatic nitrogens is 2. The number of hydrogen-bond acceptors (Lipinski definition) is 7. The summed E-state index contributed by atoms with van der Waals surface area (Å²) < 4.78 is 21.5. The van der Waals surface area contributed by atoms with Gasteiger partial charge in [0.15, 0.2) is 0 Å². The molecule has 130 valence electrons. The molecule has 0 spiro atoms. The third kappa shape index (κ3) is 8.42. The van der Waals surface area contributed by atoms with Crippen molar-refractivity contribution in [3.05, 3.63) is 18.2 Å². The first-order chi connectivity index (χ1) is 10.7. The lowest BCUT2D eigenvalue weighted by atomic mass is 10.2. The Labute approximate surface area is 145 Å². The summed E-state index contributed by atoms with van der Waals surface area (Å²) in [7, 11) is 1.25. The summed E-state index contributed by atoms with van der Waals surface area (Å²) in [6.07, 6.45) is 3.25. The zero-order valence-electron chi connectivity index (χ0n) is 12.3. The number of amides is 1. The van der Waals surface area contributed by atoms with Gasteiger partial charge in [-0.05, 0) is 0 Å². The van der Waals surface area contributed by atoms with E-state index in [-0.39, 0.29) is 32.0 Å². The minimum atomic E-state index is -3.56. The quantitative estimate of drug-likeness (QED) is 0.195. The number of rotatable bonds is 9. The molecule has 0 bridgehead atoms. The molecular weight excluding hydrogens is 442 g/mol. The Hall–Kier alpha value is -1.01. The van der Waals surface area contributed by atoms with Crippen molar-refractivity contribution < 1.29 is 28.3 Å². The molecule has 0 aliphatic heterocycles. The smallest absolute Gasteiger partial charge is 0.386 e. The summed E-state index contributed by atoms with van der Waals surface area (Å²) in [4.78, 5) is 35.9. The fraction of sp³-hybridized carbons (Fsp3) is 0.545. The van der Waals surface area contributed by atoms with Crippen LogP contribution in [0, 0.1) is 0 Å². The molecule has 10 nitrogen and oxygen atoms in total. The second kappa shape index (κ2) is 9.33. The summed E-state index contributed by atoms with van der Waals surface area (Å²) in [5.74, 6) is -0.843. The molecule has 12 heteroatoms. The lowest BCUT2D eigenvalue weighted by Gasteiger charge is -2.07. The van der Waals surface area contributed by atoms with Gasteiger partial charge >= 0.3 is 11.2 Å². The highest BCUT2D eigenvalue weighted by atomic mass is 127. The number of nitrogens with two attached hydrogens (primary N) is 1. The van der Waals surface area contributed by atoms with E-state index in [2.05, 4.69) is 19.6 Å². The molecule has 4 N–H and O–H groups in total. The van der Waals surface area contributed by atoms with E-state index in [1.54, 1.807) is 6.20 Å². The van der Waals surface area contributed by atoms with Gasteiger partial charge in [-0.25, -0.2) is 9.55 Å². The summed E-state index contributed by atoms with van der Waals surface area (Å²) >= 11 is 1.29. The molecule has 1 aromatic rings. The highest BCUT2D eigenvalue weighted by Gasteiger charge is 2.16. The average molecular weight is 460 g/mol. The number of ether oxygens (including phenoxy) is 1. The van der Waals surface area contributed by atoms with Gasteiger partial charge < -0.3 is 25.2 Å². The third-order valence-electron chi connectivity index (χ3n) is 2.62. The predicted molar refractivity (Wildman–Crippen MR) is 88.7 cm³/mol. The number of carbonyl (C=O) groups is 2. The van der Waals surface area contributed by atoms with Crippen LogP contribution in [0.25, 0.3) is 0 Å². The van der Waals surface area contributed by atoms with E-state index in [4.69, 9.17) is 10.6 Å². The van der Waals surface area contributed by atoms with Gasteiger partial charge in [0.2, 0.25) is 5.91 Å². The van der Waals surface area contributed by atoms with Crippen LogP contribution in [0.2, 0.25) is 0 Å². The van der Waals surface area contributed by atoms with Crippen molar-refractivity contribution >= 4 is 39.2 Å². The van der Waals surface area contributed by atoms with Crippen LogP contribution >= 0.6 is 27.3 Å². The Kier molecular flexibility index (Phi) is 8.12. The molecule has 0 aromatic carbocycles. The molecule has 0 saturated heterocycles. The minimum Gasteiger partial charge on any atom is -0.468 e. The second-order valence-electron chi connectivity index (χ2n) is 4.51. The normalized spacial score (nSPS) is 14.8. The number of nitrogens with one attached hydrogen (secondary N) is 1. The van der Waals surface area contributed by atoms with Crippen LogP contribution < -0.4 is 11.1 Å². The Morgan fingerprint density at radius 1 is 1.61 bits per heavy atom. The molecule has 23 heavy (non-hydrogen) atoms. The van der Waals surface area contributed by atoms with Gasteiger partial charge in [-0.2, -0.15) is 0 Å². The number of esters is 1. The van der Waals surface area contributed by atoms with Crippen molar-refractivity contribution in [3.63, 3.8) is 0 Å². The van der Waals surface area contributed by atoms with Gasteiger partial charge in [-0.3, -0.25) is 14.1 Å². The largest absolute Gasteiger partial charge is 0.468 e. The highest BCUT2D eigenvalue weighted by Crippen LogP contribution is 2.50. The van der Waals surface area contributed by atoms with Crippen molar-refractivity contribution in [1.29, 1.82) is 0 Å². The Morgan fingerprint density at radius 3 is 2.91 bits per heavy atom. The van der Waals surface area contributed by atoms with Crippen molar-refractivity contribution in [2.75, 3.05) is 20.3 Å². The molecule has 2 unspecified atom stereocenters. The first-order valence-electron chi connectivity index (χ1n) is 6.49. The fourth-order valence-electron chi connectivity index (χ4n) is 1.63. The van der Waals surface area contributed by atoms with Gasteiger partial charge in [0.1, 0.15) is 12.6 Å². The highest BCUT2D eigenvalue weighted by molar-refractivity contribution is 14.2. The predicted octanol–water partition coefficient (Wildman–Crippen LogP) is -0.406. The minimum absolute atomic E-state index is 0.0154. The maximum atomic E-state index is 11.7. The first-order valence-corrected chi connectivity index (χ1v) is 10.9. The standard InChI is InChI=1S/C11H18IN4O6P/c1-21-11(18)9(13)4-8-5-16(7-15-8)6-10(17)14-2-3-22-23(12,19)20/h5,7,9H,2-4,6,13H2,1H3,(H,14,17)(H,19,20). The number of hydrogen-bond donors (Lipinski definition) is 3. The van der Waals surface area contributed by atoms with Crippen LogP contribution in [0.4, 0.5) is 0 Å². The lowest BCUT2D eigenvalue weighted by Crippen LogP contribution is -2.33. The third-order valence-corrected chi connectivity index (χ3v) is 3.96. The molecule has 1 heterocycles. The van der Waals surface area contributed by atoms with Crippen molar-refractivity contribution in [2.45, 2.75) is 19.0 Å². The topological polar surface area (TPSA) is 146 Å². The van der Waals surface area contributed by atoms with Crippen molar-refractivity contribution in [1.82, 2.24) is 14.9 Å². The maximum absolute atomic E-state index is 11.7. The molecule has 0 fully saturated rings. The zero-order valence-corrected chi connectivity index (χ0v) is 15.4. The van der Waals surface area contributed by atoms with E-state index in [1.807, 2.05) is 0 Å². The summed E-state index contributed by atoms with van der Waals surface area (Å²) in [5.41, 5.74) is 6.19. The van der Waals surface area contributed by atoms with Crippen LogP contribution in [0.3, 0.4) is 0 Å². The molecule has 1 amide bonds. The molecule has 0 radical (unpaired) electrons. The molecule has 0 aliphatic carbocycles. The summed E-state index contributed by atoms with van der Waals surface area (Å²) in [6.45, 7) is 0.0637. The first kappa shape index (κ1) is 20.0. The van der Waals surface area contributed by atoms with E-state index in [9.17, 15) is 14.2 Å². The molecule has 0 saturated carbocycles. The van der Waals surface area contributed by atoms with E-state index >= 15 is 0 Å². The summed E-state index contributed by atoms with van der Waals surface area (Å²) in [5, 5.41) is -1.03. The fourth-order valence-corrected chi connectivity index (χ4v) is 2.54. The number of carbonyl (C=O) groups excluding carboxylic acids is 2. The molecule has 2 atom stereocenters. The monoisotopic (exact) mass is 460 g/mol. The Morgan fingerprint density at radius 2 is 2.30 bits per heavy atom. The van der Waals surface area contributed by atoms with Crippen LogP contribution in [-0.2, 0) is 36.4 Å². The Balaban J connectivity index is 2.36. The van der Waals surface area contributed by atoms with E-state index in [1.165, 1.54) is 40.0 Å². The van der Waals surface area contributed by atoms with E-state index in [0.717, 1.165) is 0 Å². The van der Waals surface area contributed by atoms with E-state index < -0.39 is 17.2 Å². The molecule has 0 aliphatic rings. The second-order valence-corrected chi connectivity index (χ2v) is 9.32. The molecule has 1 aromatic heterocycles. The van der Waals surface area contributed by atoms with Crippen molar-refractivity contribution in [2.24, 2.45) is 5.73 Å². The summed E-state index contributed by atoms with van der Waals surface area (Å²) in [6, 6.07) is -0.809. The van der Waals surface area contributed by atoms with Gasteiger partial charge in [-0.15, -0.1) is 0 Å². The Bertz CT molecular complexity index is 589. The van der Waals surface area contributed by atoms with E-state index in [0.29, 0.717) is 5.69 Å². The average Bonchev–Trinajstić information content (AvgIpc) is 2.88. The lowest BCUT2D eigenvalue weighted by molar-refractivity contribution is -0.142. The molecular formula is C11H18IN4O6P. The number of nitrogens with zero attached hydrogens (tertiary/aromatic N) is 2. The van der Waals surface area contributed by atoms with Gasteiger partial charge in [-0.1, -0.05) is 0 Å². The van der Waals surface area contributed by atoms with Crippen LogP contribution in [-0.4, -0.2) is 52.6 Å². The van der Waals surface area contributed by atoms with Crippen molar-refractivity contribution in [3.8, 4) is 0 Å². The molecule has 1 rings (SSSR count). The maximum Gasteiger partial charge on any atom is 0.386 e. The zero-order chi connectivity index (χ0) is 17.5. The van der Waals surface area contributed by atoms with Gasteiger partial charge in [0.05, 0.1) is 47.8 Å². The van der Waals surface area contributed by atoms with Gasteiger partial charge in [0.25, 0.3) is 0 Å².